The molecule has 0 spiro atoms. The van der Waals surface area contributed by atoms with Crippen LogP contribution in [0.3, 0.4) is 0 Å². The molecule has 70 valence electrons. The van der Waals surface area contributed by atoms with Gasteiger partial charge in [0.05, 0.1) is 5.69 Å². The number of rotatable bonds is 3. The molecule has 2 N–H and O–H groups in total. The lowest BCUT2D eigenvalue weighted by atomic mass is 10.1. The van der Waals surface area contributed by atoms with E-state index in [9.17, 15) is 0 Å². The Bertz CT molecular complexity index is 331. The van der Waals surface area contributed by atoms with E-state index in [0.717, 1.165) is 17.8 Å². The predicted octanol–water partition coefficient (Wildman–Crippen LogP) is 0.634. The van der Waals surface area contributed by atoms with Gasteiger partial charge in [-0.05, 0) is 32.4 Å². The molecule has 0 aliphatic rings. The van der Waals surface area contributed by atoms with Crippen LogP contribution in [0.5, 0.6) is 0 Å². The Morgan fingerprint density at radius 1 is 1.54 bits per heavy atom. The zero-order valence-corrected chi connectivity index (χ0v) is 8.17. The van der Waals surface area contributed by atoms with Gasteiger partial charge in [-0.3, -0.25) is 4.68 Å². The molecule has 0 radical (unpaired) electrons. The number of nitrogens with two attached hydrogens (primary N) is 1. The topological polar surface area (TPSA) is 43.8 Å². The molecule has 3 nitrogen and oxygen atoms in total. The third kappa shape index (κ3) is 1.90. The van der Waals surface area contributed by atoms with Gasteiger partial charge in [0.25, 0.3) is 0 Å². The molecule has 0 saturated heterocycles. The van der Waals surface area contributed by atoms with Crippen LogP contribution in [0.1, 0.15) is 17.0 Å². The van der Waals surface area contributed by atoms with Crippen LogP contribution in [-0.4, -0.2) is 16.3 Å². The van der Waals surface area contributed by atoms with Crippen molar-refractivity contribution >= 4 is 0 Å². The normalized spacial score (nSPS) is 10.0. The number of nitrogens with zero attached hydrogens (tertiary/aromatic N) is 2. The maximum atomic E-state index is 5.50. The van der Waals surface area contributed by atoms with Crippen LogP contribution in [0.25, 0.3) is 0 Å². The Labute approximate surface area is 78.9 Å². The summed E-state index contributed by atoms with van der Waals surface area (Å²) in [6.07, 6.45) is 6.10. The second-order valence-electron chi connectivity index (χ2n) is 3.05. The van der Waals surface area contributed by atoms with Crippen molar-refractivity contribution in [2.45, 2.75) is 26.8 Å². The van der Waals surface area contributed by atoms with Crippen molar-refractivity contribution in [1.29, 1.82) is 0 Å². The van der Waals surface area contributed by atoms with Crippen molar-refractivity contribution in [3.8, 4) is 12.3 Å². The molecule has 1 aromatic rings. The molecular formula is C10H15N3. The van der Waals surface area contributed by atoms with Gasteiger partial charge >= 0.3 is 0 Å². The minimum absolute atomic E-state index is 0.539. The standard InChI is InChI=1S/C10H15N3/c1-4-7-13-9(3)10(5-6-11)8(2)12-13/h1H,5-7,11H2,2-3H3. The van der Waals surface area contributed by atoms with E-state index in [1.54, 1.807) is 0 Å². The summed E-state index contributed by atoms with van der Waals surface area (Å²) in [5.41, 5.74) is 8.92. The molecule has 0 unspecified atom stereocenters. The molecule has 3 heteroatoms. The molecule has 0 saturated carbocycles. The van der Waals surface area contributed by atoms with E-state index < -0.39 is 0 Å². The van der Waals surface area contributed by atoms with Gasteiger partial charge in [0.1, 0.15) is 6.54 Å². The summed E-state index contributed by atoms with van der Waals surface area (Å²) in [5, 5.41) is 4.34. The van der Waals surface area contributed by atoms with Gasteiger partial charge in [0.2, 0.25) is 0 Å². The quantitative estimate of drug-likeness (QED) is 0.688. The van der Waals surface area contributed by atoms with Crippen molar-refractivity contribution < 1.29 is 0 Å². The Hall–Kier alpha value is -1.27. The van der Waals surface area contributed by atoms with E-state index in [4.69, 9.17) is 12.2 Å². The molecule has 0 fully saturated rings. The predicted molar refractivity (Wildman–Crippen MR) is 53.3 cm³/mol. The third-order valence-electron chi connectivity index (χ3n) is 2.17. The van der Waals surface area contributed by atoms with Crippen LogP contribution in [0.4, 0.5) is 0 Å². The molecule has 0 bridgehead atoms. The molecule has 1 aromatic heterocycles. The Morgan fingerprint density at radius 3 is 2.77 bits per heavy atom. The first-order chi connectivity index (χ1) is 6.20. The van der Waals surface area contributed by atoms with Crippen LogP contribution in [0.15, 0.2) is 0 Å². The number of aromatic nitrogens is 2. The van der Waals surface area contributed by atoms with E-state index in [-0.39, 0.29) is 0 Å². The van der Waals surface area contributed by atoms with Gasteiger partial charge in [-0.2, -0.15) is 5.10 Å². The van der Waals surface area contributed by atoms with E-state index in [1.165, 1.54) is 5.56 Å². The summed E-state index contributed by atoms with van der Waals surface area (Å²) in [6, 6.07) is 0. The van der Waals surface area contributed by atoms with Gasteiger partial charge in [-0.25, -0.2) is 0 Å². The molecule has 0 aliphatic heterocycles. The summed E-state index contributed by atoms with van der Waals surface area (Å²) in [7, 11) is 0. The zero-order chi connectivity index (χ0) is 9.84. The summed E-state index contributed by atoms with van der Waals surface area (Å²) < 4.78 is 1.85. The lowest BCUT2D eigenvalue weighted by molar-refractivity contribution is 0.683. The lowest BCUT2D eigenvalue weighted by Gasteiger charge is -1.99. The molecule has 0 atom stereocenters. The zero-order valence-electron chi connectivity index (χ0n) is 8.17. The summed E-state index contributed by atoms with van der Waals surface area (Å²) in [6.45, 7) is 5.22. The maximum Gasteiger partial charge on any atom is 0.102 e. The van der Waals surface area contributed by atoms with Crippen LogP contribution < -0.4 is 5.73 Å². The van der Waals surface area contributed by atoms with Crippen molar-refractivity contribution in [3.63, 3.8) is 0 Å². The molecule has 13 heavy (non-hydrogen) atoms. The first-order valence-corrected chi connectivity index (χ1v) is 4.37. The monoisotopic (exact) mass is 177 g/mol. The van der Waals surface area contributed by atoms with Crippen molar-refractivity contribution in [2.24, 2.45) is 5.73 Å². The molecule has 1 rings (SSSR count). The van der Waals surface area contributed by atoms with Gasteiger partial charge in [0, 0.05) is 5.69 Å². The van der Waals surface area contributed by atoms with Crippen molar-refractivity contribution in [1.82, 2.24) is 9.78 Å². The number of hydrogen-bond acceptors (Lipinski definition) is 2. The molecule has 0 aliphatic carbocycles. The highest BCUT2D eigenvalue weighted by atomic mass is 15.3. The van der Waals surface area contributed by atoms with Crippen LogP contribution in [0.2, 0.25) is 0 Å². The van der Waals surface area contributed by atoms with E-state index in [0.29, 0.717) is 13.1 Å². The average molecular weight is 177 g/mol. The smallest absolute Gasteiger partial charge is 0.102 e. The summed E-state index contributed by atoms with van der Waals surface area (Å²) in [5.74, 6) is 2.58. The van der Waals surface area contributed by atoms with Gasteiger partial charge < -0.3 is 5.73 Å². The van der Waals surface area contributed by atoms with Crippen molar-refractivity contribution in [3.05, 3.63) is 17.0 Å². The second kappa shape index (κ2) is 4.11. The van der Waals surface area contributed by atoms with Crippen LogP contribution in [0, 0.1) is 26.2 Å². The average Bonchev–Trinajstić information content (AvgIpc) is 2.34. The number of terminal acetylenes is 1. The van der Waals surface area contributed by atoms with Gasteiger partial charge in [-0.15, -0.1) is 6.42 Å². The molecule has 0 amide bonds. The second-order valence-corrected chi connectivity index (χ2v) is 3.05. The fourth-order valence-electron chi connectivity index (χ4n) is 1.48. The van der Waals surface area contributed by atoms with Gasteiger partial charge in [0.15, 0.2) is 0 Å². The lowest BCUT2D eigenvalue weighted by Crippen LogP contribution is -2.05. The number of hydrogen-bond donors (Lipinski definition) is 1. The number of aryl methyl sites for hydroxylation is 1. The fourth-order valence-corrected chi connectivity index (χ4v) is 1.48. The molecule has 0 aromatic carbocycles. The van der Waals surface area contributed by atoms with Crippen LogP contribution >= 0.6 is 0 Å². The van der Waals surface area contributed by atoms with Gasteiger partial charge in [-0.1, -0.05) is 5.92 Å². The van der Waals surface area contributed by atoms with E-state index in [1.807, 2.05) is 18.5 Å². The Balaban J connectivity index is 3.01. The Kier molecular flexibility index (Phi) is 3.10. The molecule has 1 heterocycles. The fraction of sp³-hybridized carbons (Fsp3) is 0.500. The summed E-state index contributed by atoms with van der Waals surface area (Å²) >= 11 is 0. The highest BCUT2D eigenvalue weighted by Gasteiger charge is 2.08. The van der Waals surface area contributed by atoms with E-state index >= 15 is 0 Å². The summed E-state index contributed by atoms with van der Waals surface area (Å²) in [4.78, 5) is 0. The largest absolute Gasteiger partial charge is 0.330 e. The maximum absolute atomic E-state index is 5.50. The first-order valence-electron chi connectivity index (χ1n) is 4.37. The van der Waals surface area contributed by atoms with Crippen LogP contribution in [-0.2, 0) is 13.0 Å². The minimum atomic E-state index is 0.539. The molecular weight excluding hydrogens is 162 g/mol. The third-order valence-corrected chi connectivity index (χ3v) is 2.17. The highest BCUT2D eigenvalue weighted by Crippen LogP contribution is 2.12. The minimum Gasteiger partial charge on any atom is -0.330 e. The van der Waals surface area contributed by atoms with Crippen molar-refractivity contribution in [2.75, 3.05) is 6.54 Å². The SMILES string of the molecule is C#CCn1nc(C)c(CCN)c1C. The van der Waals surface area contributed by atoms with E-state index in [2.05, 4.69) is 11.0 Å². The highest BCUT2D eigenvalue weighted by molar-refractivity contribution is 5.25. The first kappa shape index (κ1) is 9.82. The Morgan fingerprint density at radius 2 is 2.23 bits per heavy atom.